The molecule has 1 saturated heterocycles. The number of pyridine rings is 1. The molecule has 0 bridgehead atoms. The van der Waals surface area contributed by atoms with E-state index in [4.69, 9.17) is 0 Å². The van der Waals surface area contributed by atoms with Crippen LogP contribution in [0.1, 0.15) is 12.0 Å². The molecule has 0 spiro atoms. The molecule has 1 N–H and O–H groups in total. The lowest BCUT2D eigenvalue weighted by Crippen LogP contribution is -2.41. The summed E-state index contributed by atoms with van der Waals surface area (Å²) in [6.07, 6.45) is 5.33. The van der Waals surface area contributed by atoms with Crippen molar-refractivity contribution in [2.75, 3.05) is 20.1 Å². The van der Waals surface area contributed by atoms with Gasteiger partial charge in [0.05, 0.1) is 6.10 Å². The number of aromatic nitrogens is 1. The molecule has 15 heavy (non-hydrogen) atoms. The van der Waals surface area contributed by atoms with E-state index in [9.17, 15) is 5.11 Å². The molecule has 2 atom stereocenters. The van der Waals surface area contributed by atoms with Crippen molar-refractivity contribution < 1.29 is 5.11 Å². The summed E-state index contributed by atoms with van der Waals surface area (Å²) in [4.78, 5) is 6.29. The molecular formula is C12H18N2O. The zero-order valence-electron chi connectivity index (χ0n) is 9.13. The van der Waals surface area contributed by atoms with Crippen LogP contribution in [0, 0.1) is 5.92 Å². The van der Waals surface area contributed by atoms with Crippen molar-refractivity contribution in [2.45, 2.75) is 18.9 Å². The molecule has 0 saturated carbocycles. The van der Waals surface area contributed by atoms with Crippen molar-refractivity contribution in [3.63, 3.8) is 0 Å². The highest BCUT2D eigenvalue weighted by molar-refractivity contribution is 5.11. The molecule has 2 rings (SSSR count). The predicted octanol–water partition coefficient (Wildman–Crippen LogP) is 0.937. The van der Waals surface area contributed by atoms with E-state index < -0.39 is 0 Å². The number of hydrogen-bond acceptors (Lipinski definition) is 3. The number of likely N-dealkylation sites (tertiary alicyclic amines) is 1. The summed E-state index contributed by atoms with van der Waals surface area (Å²) in [5.41, 5.74) is 1.27. The van der Waals surface area contributed by atoms with Crippen LogP contribution in [0.5, 0.6) is 0 Å². The number of aliphatic hydroxyl groups is 1. The fourth-order valence-corrected chi connectivity index (χ4v) is 2.22. The van der Waals surface area contributed by atoms with Gasteiger partial charge >= 0.3 is 0 Å². The largest absolute Gasteiger partial charge is 0.393 e. The molecule has 3 nitrogen and oxygen atoms in total. The maximum Gasteiger partial charge on any atom is 0.0596 e. The zero-order chi connectivity index (χ0) is 10.7. The van der Waals surface area contributed by atoms with Gasteiger partial charge in [0.2, 0.25) is 0 Å². The fourth-order valence-electron chi connectivity index (χ4n) is 2.22. The van der Waals surface area contributed by atoms with E-state index >= 15 is 0 Å². The summed E-state index contributed by atoms with van der Waals surface area (Å²) >= 11 is 0. The first-order valence-electron chi connectivity index (χ1n) is 5.51. The Labute approximate surface area is 90.8 Å². The molecule has 1 aliphatic heterocycles. The average Bonchev–Trinajstić information content (AvgIpc) is 2.25. The molecule has 0 amide bonds. The maximum absolute atomic E-state index is 9.91. The number of aliphatic hydroxyl groups excluding tert-OH is 1. The van der Waals surface area contributed by atoms with Crippen LogP contribution >= 0.6 is 0 Å². The molecule has 3 heteroatoms. The van der Waals surface area contributed by atoms with Crippen LogP contribution in [0.3, 0.4) is 0 Å². The number of nitrogens with zero attached hydrogens (tertiary/aromatic N) is 2. The molecule has 0 aliphatic carbocycles. The van der Waals surface area contributed by atoms with Crippen LogP contribution in [-0.2, 0) is 6.42 Å². The predicted molar refractivity (Wildman–Crippen MR) is 59.6 cm³/mol. The van der Waals surface area contributed by atoms with Gasteiger partial charge in [-0.15, -0.1) is 0 Å². The van der Waals surface area contributed by atoms with E-state index in [2.05, 4.69) is 16.9 Å². The molecule has 0 unspecified atom stereocenters. The van der Waals surface area contributed by atoms with Gasteiger partial charge in [-0.25, -0.2) is 0 Å². The summed E-state index contributed by atoms with van der Waals surface area (Å²) in [6.45, 7) is 2.00. The van der Waals surface area contributed by atoms with Crippen molar-refractivity contribution in [3.8, 4) is 0 Å². The minimum atomic E-state index is -0.144. The van der Waals surface area contributed by atoms with Crippen molar-refractivity contribution in [3.05, 3.63) is 30.1 Å². The third kappa shape index (κ3) is 2.76. The minimum Gasteiger partial charge on any atom is -0.393 e. The number of piperidine rings is 1. The molecule has 2 heterocycles. The molecule has 0 radical (unpaired) electrons. The monoisotopic (exact) mass is 206 g/mol. The molecule has 82 valence electrons. The van der Waals surface area contributed by atoms with E-state index in [0.717, 1.165) is 25.9 Å². The van der Waals surface area contributed by atoms with Gasteiger partial charge in [0.15, 0.2) is 0 Å². The molecule has 1 aromatic heterocycles. The molecule has 1 aliphatic rings. The highest BCUT2D eigenvalue weighted by Gasteiger charge is 2.25. The second-order valence-electron chi connectivity index (χ2n) is 4.44. The van der Waals surface area contributed by atoms with E-state index in [1.165, 1.54) is 5.56 Å². The van der Waals surface area contributed by atoms with Gasteiger partial charge < -0.3 is 10.0 Å². The smallest absolute Gasteiger partial charge is 0.0596 e. The van der Waals surface area contributed by atoms with E-state index in [-0.39, 0.29) is 6.10 Å². The van der Waals surface area contributed by atoms with Gasteiger partial charge in [-0.1, -0.05) is 0 Å². The van der Waals surface area contributed by atoms with Crippen molar-refractivity contribution >= 4 is 0 Å². The lowest BCUT2D eigenvalue weighted by molar-refractivity contribution is 0.0366. The summed E-state index contributed by atoms with van der Waals surface area (Å²) in [5, 5.41) is 9.91. The van der Waals surface area contributed by atoms with E-state index in [0.29, 0.717) is 5.92 Å². The van der Waals surface area contributed by atoms with Crippen molar-refractivity contribution in [1.29, 1.82) is 0 Å². The third-order valence-electron chi connectivity index (χ3n) is 3.14. The van der Waals surface area contributed by atoms with Gasteiger partial charge in [0, 0.05) is 31.4 Å². The topological polar surface area (TPSA) is 36.4 Å². The van der Waals surface area contributed by atoms with Crippen LogP contribution in [0.15, 0.2) is 24.5 Å². The lowest BCUT2D eigenvalue weighted by atomic mass is 9.89. The van der Waals surface area contributed by atoms with Crippen LogP contribution in [0.4, 0.5) is 0 Å². The molecule has 1 fully saturated rings. The Bertz CT molecular complexity index is 302. The summed E-state index contributed by atoms with van der Waals surface area (Å²) in [5.74, 6) is 0.367. The first-order chi connectivity index (χ1) is 7.25. The normalized spacial score (nSPS) is 27.9. The van der Waals surface area contributed by atoms with Crippen molar-refractivity contribution in [1.82, 2.24) is 9.88 Å². The number of hydrogen-bond donors (Lipinski definition) is 1. The fraction of sp³-hybridized carbons (Fsp3) is 0.583. The molecule has 0 aromatic carbocycles. The highest BCUT2D eigenvalue weighted by Crippen LogP contribution is 2.20. The second-order valence-corrected chi connectivity index (χ2v) is 4.44. The first-order valence-corrected chi connectivity index (χ1v) is 5.51. The van der Waals surface area contributed by atoms with Gasteiger partial charge in [-0.2, -0.15) is 0 Å². The third-order valence-corrected chi connectivity index (χ3v) is 3.14. The Balaban J connectivity index is 1.98. The standard InChI is InChI=1S/C12H18N2O/c1-14-7-4-12(15)11(9-14)8-10-2-5-13-6-3-10/h2-3,5-6,11-12,15H,4,7-9H2,1H3/t11-,12-/m1/s1. The van der Waals surface area contributed by atoms with Crippen LogP contribution in [0.2, 0.25) is 0 Å². The zero-order valence-corrected chi connectivity index (χ0v) is 9.13. The lowest BCUT2D eigenvalue weighted by Gasteiger charge is -2.33. The van der Waals surface area contributed by atoms with Gasteiger partial charge in [-0.05, 0) is 37.6 Å². The average molecular weight is 206 g/mol. The minimum absolute atomic E-state index is 0.144. The molecule has 1 aromatic rings. The highest BCUT2D eigenvalue weighted by atomic mass is 16.3. The molecular weight excluding hydrogens is 188 g/mol. The summed E-state index contributed by atoms with van der Waals surface area (Å²) in [7, 11) is 2.12. The Hall–Kier alpha value is -0.930. The Morgan fingerprint density at radius 2 is 2.20 bits per heavy atom. The van der Waals surface area contributed by atoms with Gasteiger partial charge in [-0.3, -0.25) is 4.98 Å². The SMILES string of the molecule is CN1CC[C@@H](O)[C@H](Cc2ccncc2)C1. The van der Waals surface area contributed by atoms with E-state index in [1.54, 1.807) is 0 Å². The quantitative estimate of drug-likeness (QED) is 0.782. The van der Waals surface area contributed by atoms with Gasteiger partial charge in [0.1, 0.15) is 0 Å². The van der Waals surface area contributed by atoms with Crippen LogP contribution < -0.4 is 0 Å². The Morgan fingerprint density at radius 3 is 2.93 bits per heavy atom. The van der Waals surface area contributed by atoms with Crippen LogP contribution in [0.25, 0.3) is 0 Å². The first kappa shape index (κ1) is 10.6. The summed E-state index contributed by atoms with van der Waals surface area (Å²) in [6, 6.07) is 4.06. The Kier molecular flexibility index (Phi) is 3.34. The van der Waals surface area contributed by atoms with E-state index in [1.807, 2.05) is 24.5 Å². The van der Waals surface area contributed by atoms with Gasteiger partial charge in [0.25, 0.3) is 0 Å². The van der Waals surface area contributed by atoms with Crippen molar-refractivity contribution in [2.24, 2.45) is 5.92 Å². The second kappa shape index (κ2) is 4.73. The maximum atomic E-state index is 9.91. The Morgan fingerprint density at radius 1 is 1.47 bits per heavy atom. The number of rotatable bonds is 2. The van der Waals surface area contributed by atoms with Crippen LogP contribution in [-0.4, -0.2) is 41.2 Å². The summed E-state index contributed by atoms with van der Waals surface area (Å²) < 4.78 is 0.